The average molecular weight is 349 g/mol. The standard InChI is InChI=1S/C22H20FNO2/c23-20-10-6-17(7-11-20)14-22(25)24-15-18-8-12-21(13-9-18)26-16-19-4-2-1-3-5-19/h1-13H,14-16H2,(H,24,25). The van der Waals surface area contributed by atoms with Gasteiger partial charge in [0.05, 0.1) is 6.42 Å². The van der Waals surface area contributed by atoms with Crippen LogP contribution >= 0.6 is 0 Å². The number of hydrogen-bond donors (Lipinski definition) is 1. The first-order valence-electron chi connectivity index (χ1n) is 8.46. The van der Waals surface area contributed by atoms with Crippen LogP contribution in [0.15, 0.2) is 78.9 Å². The summed E-state index contributed by atoms with van der Waals surface area (Å²) in [4.78, 5) is 12.0. The fourth-order valence-corrected chi connectivity index (χ4v) is 2.50. The van der Waals surface area contributed by atoms with Gasteiger partial charge >= 0.3 is 0 Å². The lowest BCUT2D eigenvalue weighted by molar-refractivity contribution is -0.120. The maximum atomic E-state index is 12.9. The molecule has 0 unspecified atom stereocenters. The Kier molecular flexibility index (Phi) is 5.99. The molecule has 3 aromatic rings. The number of benzene rings is 3. The molecule has 3 rings (SSSR count). The lowest BCUT2D eigenvalue weighted by atomic mass is 10.1. The van der Waals surface area contributed by atoms with Crippen LogP contribution in [-0.4, -0.2) is 5.91 Å². The molecular weight excluding hydrogens is 329 g/mol. The highest BCUT2D eigenvalue weighted by molar-refractivity contribution is 5.78. The molecule has 0 heterocycles. The van der Waals surface area contributed by atoms with E-state index in [-0.39, 0.29) is 18.1 Å². The van der Waals surface area contributed by atoms with Crippen molar-refractivity contribution in [3.8, 4) is 5.75 Å². The zero-order chi connectivity index (χ0) is 18.2. The second-order valence-electron chi connectivity index (χ2n) is 6.00. The number of carbonyl (C=O) groups is 1. The van der Waals surface area contributed by atoms with Crippen LogP contribution in [0.25, 0.3) is 0 Å². The van der Waals surface area contributed by atoms with Gasteiger partial charge in [-0.1, -0.05) is 54.6 Å². The van der Waals surface area contributed by atoms with Crippen LogP contribution in [0.2, 0.25) is 0 Å². The van der Waals surface area contributed by atoms with Crippen molar-refractivity contribution in [2.75, 3.05) is 0 Å². The minimum atomic E-state index is -0.302. The van der Waals surface area contributed by atoms with Gasteiger partial charge in [-0.15, -0.1) is 0 Å². The van der Waals surface area contributed by atoms with Gasteiger partial charge in [0.1, 0.15) is 18.2 Å². The summed E-state index contributed by atoms with van der Waals surface area (Å²) in [6, 6.07) is 23.6. The lowest BCUT2D eigenvalue weighted by Gasteiger charge is -2.08. The Balaban J connectivity index is 1.45. The minimum Gasteiger partial charge on any atom is -0.489 e. The molecule has 0 aliphatic heterocycles. The molecule has 0 bridgehead atoms. The summed E-state index contributed by atoms with van der Waals surface area (Å²) >= 11 is 0. The van der Waals surface area contributed by atoms with E-state index >= 15 is 0 Å². The SMILES string of the molecule is O=C(Cc1ccc(F)cc1)NCc1ccc(OCc2ccccc2)cc1. The van der Waals surface area contributed by atoms with Gasteiger partial charge in [-0.2, -0.15) is 0 Å². The number of nitrogens with one attached hydrogen (secondary N) is 1. The van der Waals surface area contributed by atoms with Crippen molar-refractivity contribution in [3.05, 3.63) is 101 Å². The minimum absolute atomic E-state index is 0.0963. The molecule has 0 atom stereocenters. The molecule has 0 saturated carbocycles. The van der Waals surface area contributed by atoms with Gasteiger partial charge in [0, 0.05) is 6.54 Å². The van der Waals surface area contributed by atoms with Gasteiger partial charge in [-0.3, -0.25) is 4.79 Å². The molecule has 132 valence electrons. The van der Waals surface area contributed by atoms with Crippen LogP contribution in [-0.2, 0) is 24.4 Å². The molecule has 0 radical (unpaired) electrons. The van der Waals surface area contributed by atoms with E-state index in [0.717, 1.165) is 22.4 Å². The molecule has 0 fully saturated rings. The maximum absolute atomic E-state index is 12.9. The van der Waals surface area contributed by atoms with E-state index in [2.05, 4.69) is 5.32 Å². The van der Waals surface area contributed by atoms with E-state index < -0.39 is 0 Å². The Hall–Kier alpha value is -3.14. The summed E-state index contributed by atoms with van der Waals surface area (Å²) in [5.74, 6) is 0.389. The van der Waals surface area contributed by atoms with Crippen molar-refractivity contribution in [2.45, 2.75) is 19.6 Å². The number of halogens is 1. The Morgan fingerprint density at radius 1 is 0.808 bits per heavy atom. The van der Waals surface area contributed by atoms with E-state index in [1.54, 1.807) is 12.1 Å². The van der Waals surface area contributed by atoms with E-state index in [4.69, 9.17) is 4.74 Å². The van der Waals surface area contributed by atoms with Crippen molar-refractivity contribution in [3.63, 3.8) is 0 Å². The van der Waals surface area contributed by atoms with E-state index in [1.807, 2.05) is 54.6 Å². The van der Waals surface area contributed by atoms with E-state index in [1.165, 1.54) is 12.1 Å². The highest BCUT2D eigenvalue weighted by Gasteiger charge is 2.04. The number of ether oxygens (including phenoxy) is 1. The van der Waals surface area contributed by atoms with Crippen LogP contribution in [0.4, 0.5) is 4.39 Å². The van der Waals surface area contributed by atoms with Crippen molar-refractivity contribution in [2.24, 2.45) is 0 Å². The number of amides is 1. The zero-order valence-corrected chi connectivity index (χ0v) is 14.3. The van der Waals surface area contributed by atoms with Crippen LogP contribution in [0, 0.1) is 5.82 Å². The summed E-state index contributed by atoms with van der Waals surface area (Å²) in [5.41, 5.74) is 2.89. The zero-order valence-electron chi connectivity index (χ0n) is 14.3. The number of rotatable bonds is 7. The van der Waals surface area contributed by atoms with Crippen molar-refractivity contribution in [1.82, 2.24) is 5.32 Å². The van der Waals surface area contributed by atoms with Crippen molar-refractivity contribution in [1.29, 1.82) is 0 Å². The Bertz CT molecular complexity index is 830. The molecule has 0 aliphatic carbocycles. The smallest absolute Gasteiger partial charge is 0.224 e. The first-order valence-corrected chi connectivity index (χ1v) is 8.46. The molecule has 0 aromatic heterocycles. The molecule has 0 saturated heterocycles. The van der Waals surface area contributed by atoms with Crippen molar-refractivity contribution >= 4 is 5.91 Å². The van der Waals surface area contributed by atoms with Crippen LogP contribution in [0.3, 0.4) is 0 Å². The van der Waals surface area contributed by atoms with Gasteiger partial charge in [0.15, 0.2) is 0 Å². The van der Waals surface area contributed by atoms with Gasteiger partial charge in [-0.25, -0.2) is 4.39 Å². The first-order chi connectivity index (χ1) is 12.7. The van der Waals surface area contributed by atoms with Crippen LogP contribution < -0.4 is 10.1 Å². The monoisotopic (exact) mass is 349 g/mol. The van der Waals surface area contributed by atoms with Crippen molar-refractivity contribution < 1.29 is 13.9 Å². The highest BCUT2D eigenvalue weighted by Crippen LogP contribution is 2.14. The predicted molar refractivity (Wildman–Crippen MR) is 99.2 cm³/mol. The summed E-state index contributed by atoms with van der Waals surface area (Å²) in [6.07, 6.45) is 0.235. The van der Waals surface area contributed by atoms with Crippen LogP contribution in [0.5, 0.6) is 5.75 Å². The predicted octanol–water partition coefficient (Wildman–Crippen LogP) is 4.26. The van der Waals surface area contributed by atoms with Gasteiger partial charge in [-0.05, 0) is 41.0 Å². The van der Waals surface area contributed by atoms with E-state index in [0.29, 0.717) is 13.2 Å². The second kappa shape index (κ2) is 8.81. The van der Waals surface area contributed by atoms with Gasteiger partial charge in [0.2, 0.25) is 5.91 Å². The molecule has 0 aliphatic rings. The third kappa shape index (κ3) is 5.45. The first kappa shape index (κ1) is 17.7. The summed E-state index contributed by atoms with van der Waals surface area (Å²) < 4.78 is 18.6. The molecule has 3 nitrogen and oxygen atoms in total. The fraction of sp³-hybridized carbons (Fsp3) is 0.136. The second-order valence-corrected chi connectivity index (χ2v) is 6.00. The average Bonchev–Trinajstić information content (AvgIpc) is 2.68. The highest BCUT2D eigenvalue weighted by atomic mass is 19.1. The maximum Gasteiger partial charge on any atom is 0.224 e. The molecular formula is C22H20FNO2. The lowest BCUT2D eigenvalue weighted by Crippen LogP contribution is -2.24. The third-order valence-corrected chi connectivity index (χ3v) is 3.94. The molecule has 3 aromatic carbocycles. The molecule has 1 amide bonds. The topological polar surface area (TPSA) is 38.3 Å². The molecule has 1 N–H and O–H groups in total. The Morgan fingerprint density at radius 3 is 2.15 bits per heavy atom. The Morgan fingerprint density at radius 2 is 1.46 bits per heavy atom. The number of hydrogen-bond acceptors (Lipinski definition) is 2. The summed E-state index contributed by atoms with van der Waals surface area (Å²) in [7, 11) is 0. The molecule has 0 spiro atoms. The summed E-state index contributed by atoms with van der Waals surface area (Å²) in [6.45, 7) is 0.966. The quantitative estimate of drug-likeness (QED) is 0.692. The molecule has 26 heavy (non-hydrogen) atoms. The number of carbonyl (C=O) groups excluding carboxylic acids is 1. The third-order valence-electron chi connectivity index (χ3n) is 3.94. The van der Waals surface area contributed by atoms with E-state index in [9.17, 15) is 9.18 Å². The summed E-state index contributed by atoms with van der Waals surface area (Å²) in [5, 5.41) is 2.87. The largest absolute Gasteiger partial charge is 0.489 e. The fourth-order valence-electron chi connectivity index (χ4n) is 2.50. The van der Waals surface area contributed by atoms with Gasteiger partial charge in [0.25, 0.3) is 0 Å². The molecule has 4 heteroatoms. The normalized spacial score (nSPS) is 10.3. The Labute approximate surface area is 152 Å². The van der Waals surface area contributed by atoms with Gasteiger partial charge < -0.3 is 10.1 Å². The van der Waals surface area contributed by atoms with Crippen LogP contribution in [0.1, 0.15) is 16.7 Å².